The molecular formula is C27H28ClN3O2. The minimum Gasteiger partial charge on any atom is -0.378 e. The number of benzene rings is 2. The maximum absolute atomic E-state index is 11.5. The number of morpholine rings is 1. The first kappa shape index (κ1) is 23.1. The molecular weight excluding hydrogens is 434 g/mol. The zero-order chi connectivity index (χ0) is 23.0. The summed E-state index contributed by atoms with van der Waals surface area (Å²) in [6.07, 6.45) is 5.67. The van der Waals surface area contributed by atoms with Crippen molar-refractivity contribution in [2.24, 2.45) is 0 Å². The van der Waals surface area contributed by atoms with Crippen molar-refractivity contribution < 1.29 is 9.53 Å². The first-order valence-electron chi connectivity index (χ1n) is 11.3. The number of aryl methyl sites for hydroxylation is 2. The highest BCUT2D eigenvalue weighted by molar-refractivity contribution is 6.31. The molecule has 1 saturated heterocycles. The summed E-state index contributed by atoms with van der Waals surface area (Å²) in [6.45, 7) is 6.94. The molecule has 0 aliphatic carbocycles. The minimum absolute atomic E-state index is 0.0266. The molecule has 2 heterocycles. The van der Waals surface area contributed by atoms with E-state index in [1.165, 1.54) is 22.9 Å². The number of carbonyl (C=O) groups excluding carboxylic acids is 1. The van der Waals surface area contributed by atoms with E-state index in [0.717, 1.165) is 56.2 Å². The molecule has 1 fully saturated rings. The van der Waals surface area contributed by atoms with Crippen molar-refractivity contribution in [3.8, 4) is 0 Å². The van der Waals surface area contributed by atoms with Gasteiger partial charge in [-0.25, -0.2) is 9.97 Å². The van der Waals surface area contributed by atoms with Crippen molar-refractivity contribution in [1.29, 1.82) is 0 Å². The number of halogens is 1. The molecule has 0 amide bonds. The molecule has 1 aliphatic rings. The highest BCUT2D eigenvalue weighted by Gasteiger charge is 2.12. The molecule has 0 unspecified atom stereocenters. The van der Waals surface area contributed by atoms with Gasteiger partial charge >= 0.3 is 0 Å². The number of aromatic nitrogens is 2. The SMILES string of the molecule is C=CC(=O)Cc1ccc(CCc2nc(Cc3ccc(N4CCOCC4)cc3)ncc2Cl)cc1. The van der Waals surface area contributed by atoms with Crippen LogP contribution in [0.3, 0.4) is 0 Å². The van der Waals surface area contributed by atoms with Gasteiger partial charge in [-0.15, -0.1) is 0 Å². The molecule has 6 heteroatoms. The van der Waals surface area contributed by atoms with Gasteiger partial charge in [0.15, 0.2) is 5.78 Å². The summed E-state index contributed by atoms with van der Waals surface area (Å²) in [7, 11) is 0. The topological polar surface area (TPSA) is 55.3 Å². The highest BCUT2D eigenvalue weighted by atomic mass is 35.5. The van der Waals surface area contributed by atoms with E-state index in [-0.39, 0.29) is 5.78 Å². The van der Waals surface area contributed by atoms with E-state index in [4.69, 9.17) is 21.3 Å². The molecule has 4 rings (SSSR count). The first-order valence-corrected chi connectivity index (χ1v) is 11.6. The van der Waals surface area contributed by atoms with E-state index in [1.54, 1.807) is 6.20 Å². The molecule has 33 heavy (non-hydrogen) atoms. The average Bonchev–Trinajstić information content (AvgIpc) is 2.86. The predicted octanol–water partition coefficient (Wildman–Crippen LogP) is 4.64. The lowest BCUT2D eigenvalue weighted by molar-refractivity contribution is -0.114. The third kappa shape index (κ3) is 6.50. The van der Waals surface area contributed by atoms with Gasteiger partial charge in [0.25, 0.3) is 0 Å². The molecule has 0 bridgehead atoms. The standard InChI is InChI=1S/C27H28ClN3O2/c1-2-24(32)17-21-5-3-20(4-6-21)9-12-26-25(28)19-29-27(30-26)18-22-7-10-23(11-8-22)31-13-15-33-16-14-31/h2-8,10-11,19H,1,9,12-18H2. The fraction of sp³-hybridized carbons (Fsp3) is 0.296. The fourth-order valence-electron chi connectivity index (χ4n) is 3.89. The molecule has 5 nitrogen and oxygen atoms in total. The number of carbonyl (C=O) groups is 1. The maximum Gasteiger partial charge on any atom is 0.159 e. The molecule has 170 valence electrons. The van der Waals surface area contributed by atoms with Gasteiger partial charge in [0.05, 0.1) is 23.9 Å². The van der Waals surface area contributed by atoms with Crippen molar-refractivity contribution in [3.05, 3.63) is 101 Å². The van der Waals surface area contributed by atoms with E-state index in [2.05, 4.69) is 52.9 Å². The van der Waals surface area contributed by atoms with Crippen LogP contribution in [0, 0.1) is 0 Å². The summed E-state index contributed by atoms with van der Waals surface area (Å²) in [4.78, 5) is 23.0. The van der Waals surface area contributed by atoms with Crippen molar-refractivity contribution in [3.63, 3.8) is 0 Å². The fourth-order valence-corrected chi connectivity index (χ4v) is 4.08. The number of anilines is 1. The van der Waals surface area contributed by atoms with Crippen LogP contribution >= 0.6 is 11.6 Å². The minimum atomic E-state index is 0.0266. The van der Waals surface area contributed by atoms with E-state index in [9.17, 15) is 4.79 Å². The van der Waals surface area contributed by atoms with Crippen LogP contribution in [0.4, 0.5) is 5.69 Å². The van der Waals surface area contributed by atoms with Gasteiger partial charge in [-0.1, -0.05) is 54.6 Å². The van der Waals surface area contributed by atoms with Crippen LogP contribution in [0.15, 0.2) is 67.4 Å². The second-order valence-electron chi connectivity index (χ2n) is 8.19. The van der Waals surface area contributed by atoms with Gasteiger partial charge in [0.2, 0.25) is 0 Å². The second-order valence-corrected chi connectivity index (χ2v) is 8.59. The van der Waals surface area contributed by atoms with Crippen LogP contribution in [0.25, 0.3) is 0 Å². The monoisotopic (exact) mass is 461 g/mol. The van der Waals surface area contributed by atoms with Gasteiger partial charge < -0.3 is 9.64 Å². The first-order chi connectivity index (χ1) is 16.1. The Labute approximate surface area is 200 Å². The molecule has 0 N–H and O–H groups in total. The predicted molar refractivity (Wildman–Crippen MR) is 132 cm³/mol. The van der Waals surface area contributed by atoms with Crippen molar-refractivity contribution in [2.45, 2.75) is 25.7 Å². The normalized spacial score (nSPS) is 13.7. The Bertz CT molecular complexity index is 1090. The Morgan fingerprint density at radius 3 is 2.36 bits per heavy atom. The average molecular weight is 462 g/mol. The quantitative estimate of drug-likeness (QED) is 0.434. The smallest absolute Gasteiger partial charge is 0.159 e. The van der Waals surface area contributed by atoms with Crippen LogP contribution in [0.5, 0.6) is 0 Å². The number of hydrogen-bond donors (Lipinski definition) is 0. The molecule has 2 aromatic carbocycles. The maximum atomic E-state index is 11.5. The van der Waals surface area contributed by atoms with E-state index >= 15 is 0 Å². The summed E-state index contributed by atoms with van der Waals surface area (Å²) in [6, 6.07) is 16.7. The summed E-state index contributed by atoms with van der Waals surface area (Å²) in [5.41, 5.74) is 5.42. The molecule has 0 spiro atoms. The molecule has 0 saturated carbocycles. The Morgan fingerprint density at radius 2 is 1.67 bits per heavy atom. The van der Waals surface area contributed by atoms with E-state index in [1.807, 2.05) is 12.1 Å². The zero-order valence-electron chi connectivity index (χ0n) is 18.7. The van der Waals surface area contributed by atoms with Crippen LogP contribution < -0.4 is 4.90 Å². The van der Waals surface area contributed by atoms with Gasteiger partial charge in [-0.05, 0) is 47.7 Å². The highest BCUT2D eigenvalue weighted by Crippen LogP contribution is 2.20. The summed E-state index contributed by atoms with van der Waals surface area (Å²) >= 11 is 6.38. The van der Waals surface area contributed by atoms with Crippen molar-refractivity contribution >= 4 is 23.1 Å². The molecule has 3 aromatic rings. The molecule has 1 aromatic heterocycles. The van der Waals surface area contributed by atoms with Crippen LogP contribution in [-0.4, -0.2) is 42.1 Å². The third-order valence-corrected chi connectivity index (χ3v) is 6.14. The number of hydrogen-bond acceptors (Lipinski definition) is 5. The number of nitrogens with zero attached hydrogens (tertiary/aromatic N) is 3. The number of ether oxygens (including phenoxy) is 1. The lowest BCUT2D eigenvalue weighted by Crippen LogP contribution is -2.36. The van der Waals surface area contributed by atoms with E-state index < -0.39 is 0 Å². The number of ketones is 1. The summed E-state index contributed by atoms with van der Waals surface area (Å²) in [5, 5.41) is 0.592. The van der Waals surface area contributed by atoms with E-state index in [0.29, 0.717) is 17.9 Å². The Morgan fingerprint density at radius 1 is 1.00 bits per heavy atom. The number of allylic oxidation sites excluding steroid dienone is 1. The summed E-state index contributed by atoms with van der Waals surface area (Å²) < 4.78 is 5.43. The van der Waals surface area contributed by atoms with Crippen LogP contribution in [0.2, 0.25) is 5.02 Å². The largest absolute Gasteiger partial charge is 0.378 e. The zero-order valence-corrected chi connectivity index (χ0v) is 19.4. The lowest BCUT2D eigenvalue weighted by Gasteiger charge is -2.28. The lowest BCUT2D eigenvalue weighted by atomic mass is 10.0. The molecule has 1 aliphatic heterocycles. The Hall–Kier alpha value is -3.02. The third-order valence-electron chi connectivity index (χ3n) is 5.82. The van der Waals surface area contributed by atoms with Crippen LogP contribution in [0.1, 0.15) is 28.2 Å². The Kier molecular flexibility index (Phi) is 7.87. The molecule has 0 radical (unpaired) electrons. The van der Waals surface area contributed by atoms with Crippen molar-refractivity contribution in [2.75, 3.05) is 31.2 Å². The Balaban J connectivity index is 1.36. The number of rotatable bonds is 9. The van der Waals surface area contributed by atoms with Gasteiger partial charge in [-0.2, -0.15) is 0 Å². The van der Waals surface area contributed by atoms with Crippen LogP contribution in [-0.2, 0) is 35.2 Å². The van der Waals surface area contributed by atoms with Gasteiger partial charge in [-0.3, -0.25) is 4.79 Å². The van der Waals surface area contributed by atoms with Gasteiger partial charge in [0.1, 0.15) is 5.82 Å². The molecule has 0 atom stereocenters. The van der Waals surface area contributed by atoms with Crippen molar-refractivity contribution in [1.82, 2.24) is 9.97 Å². The second kappa shape index (κ2) is 11.2. The summed E-state index contributed by atoms with van der Waals surface area (Å²) in [5.74, 6) is 0.797. The van der Waals surface area contributed by atoms with Gasteiger partial charge in [0, 0.05) is 37.8 Å².